The van der Waals surface area contributed by atoms with E-state index in [0.29, 0.717) is 28.2 Å². The van der Waals surface area contributed by atoms with Gasteiger partial charge in [0.05, 0.1) is 10.5 Å². The molecule has 0 aliphatic carbocycles. The first-order chi connectivity index (χ1) is 11.5. The first-order valence-electron chi connectivity index (χ1n) is 6.96. The summed E-state index contributed by atoms with van der Waals surface area (Å²) in [7, 11) is 0. The smallest absolute Gasteiger partial charge is 0.179 e. The van der Waals surface area contributed by atoms with Crippen LogP contribution in [-0.4, -0.2) is 31.1 Å². The second-order valence-electron chi connectivity index (χ2n) is 5.06. The maximum absolute atomic E-state index is 13.2. The number of pyridine rings is 1. The monoisotopic (exact) mass is 349 g/mol. The Labute approximate surface area is 140 Å². The quantitative estimate of drug-likeness (QED) is 0.252. The van der Waals surface area contributed by atoms with Crippen molar-refractivity contribution in [1.82, 2.24) is 15.0 Å². The molecule has 124 valence electrons. The molecule has 2 aromatic heterocycles. The molecule has 1 unspecified atom stereocenters. The van der Waals surface area contributed by atoms with Gasteiger partial charge in [0.25, 0.3) is 0 Å². The highest BCUT2D eigenvalue weighted by molar-refractivity contribution is 6.31. The summed E-state index contributed by atoms with van der Waals surface area (Å²) in [6.45, 7) is 1.57. The van der Waals surface area contributed by atoms with Crippen LogP contribution in [0.15, 0.2) is 35.6 Å². The molecule has 9 heteroatoms. The number of hydrogen-bond acceptors (Lipinski definition) is 5. The molecule has 1 atom stereocenters. The number of imidazole rings is 1. The van der Waals surface area contributed by atoms with Gasteiger partial charge < -0.3 is 20.6 Å². The first kappa shape index (κ1) is 16.2. The maximum atomic E-state index is 13.2. The average molecular weight is 350 g/mol. The fraction of sp³-hybridized carbons (Fsp3) is 0.133. The number of H-pyrrole nitrogens is 1. The van der Waals surface area contributed by atoms with Gasteiger partial charge in [-0.25, -0.2) is 14.4 Å². The molecule has 4 N–H and O–H groups in total. The van der Waals surface area contributed by atoms with Gasteiger partial charge >= 0.3 is 0 Å². The number of fused-ring (bicyclic) bond motifs is 1. The number of halogens is 2. The minimum absolute atomic E-state index is 0.0601. The van der Waals surface area contributed by atoms with Crippen LogP contribution in [0.25, 0.3) is 11.2 Å². The molecule has 2 heterocycles. The van der Waals surface area contributed by atoms with Crippen LogP contribution in [0.3, 0.4) is 0 Å². The summed E-state index contributed by atoms with van der Waals surface area (Å²) >= 11 is 5.75. The molecule has 0 radical (unpaired) electrons. The zero-order valence-corrected chi connectivity index (χ0v) is 13.2. The minimum Gasteiger partial charge on any atom is -0.409 e. The summed E-state index contributed by atoms with van der Waals surface area (Å²) in [4.78, 5) is 11.2. The lowest BCUT2D eigenvalue weighted by molar-refractivity contribution is 0.190. The van der Waals surface area contributed by atoms with Gasteiger partial charge in [-0.05, 0) is 31.2 Å². The number of nitrogens with one attached hydrogen (secondary N) is 2. The Bertz CT molecular complexity index is 925. The van der Waals surface area contributed by atoms with Gasteiger partial charge in [-0.3, -0.25) is 0 Å². The van der Waals surface area contributed by atoms with E-state index in [0.717, 1.165) is 0 Å². The predicted octanol–water partition coefficient (Wildman–Crippen LogP) is 3.05. The number of nitrogens with zero attached hydrogens (tertiary/aromatic N) is 3. The van der Waals surface area contributed by atoms with Crippen LogP contribution in [0.5, 0.6) is 0 Å². The first-order valence-corrected chi connectivity index (χ1v) is 7.34. The highest BCUT2D eigenvalue weighted by atomic mass is 35.5. The second-order valence-corrected chi connectivity index (χ2v) is 5.46. The standard InChI is InChI=1S/C15H13ClFN5O2/c1-7(23)13-20-12-9(4-5-18-15(12)21-13)14(22-24)19-8-2-3-11(17)10(16)6-8/h2-7,23-24H,1H3,(H,19,22)(H,18,20,21). The van der Waals surface area contributed by atoms with Crippen LogP contribution < -0.4 is 5.32 Å². The molecule has 24 heavy (non-hydrogen) atoms. The number of amidine groups is 1. The summed E-state index contributed by atoms with van der Waals surface area (Å²) in [6, 6.07) is 5.64. The summed E-state index contributed by atoms with van der Waals surface area (Å²) in [6.07, 6.45) is 0.694. The van der Waals surface area contributed by atoms with Crippen molar-refractivity contribution in [3.63, 3.8) is 0 Å². The number of aromatic amines is 1. The van der Waals surface area contributed by atoms with Gasteiger partial charge in [0.15, 0.2) is 11.5 Å². The van der Waals surface area contributed by atoms with E-state index < -0.39 is 11.9 Å². The van der Waals surface area contributed by atoms with Crippen molar-refractivity contribution in [2.45, 2.75) is 13.0 Å². The van der Waals surface area contributed by atoms with Crippen molar-refractivity contribution in [2.24, 2.45) is 5.16 Å². The van der Waals surface area contributed by atoms with Crippen molar-refractivity contribution in [1.29, 1.82) is 0 Å². The topological polar surface area (TPSA) is 106 Å². The number of benzene rings is 1. The highest BCUT2D eigenvalue weighted by Crippen LogP contribution is 2.22. The third kappa shape index (κ3) is 3.01. The van der Waals surface area contributed by atoms with Gasteiger partial charge in [-0.15, -0.1) is 0 Å². The van der Waals surface area contributed by atoms with Gasteiger partial charge in [-0.2, -0.15) is 0 Å². The Morgan fingerprint density at radius 1 is 1.42 bits per heavy atom. The lowest BCUT2D eigenvalue weighted by atomic mass is 10.2. The zero-order valence-electron chi connectivity index (χ0n) is 12.5. The maximum Gasteiger partial charge on any atom is 0.179 e. The number of aliphatic hydroxyl groups is 1. The van der Waals surface area contributed by atoms with Crippen LogP contribution in [-0.2, 0) is 0 Å². The fourth-order valence-corrected chi connectivity index (χ4v) is 2.36. The molecule has 3 aromatic rings. The Morgan fingerprint density at radius 2 is 2.21 bits per heavy atom. The van der Waals surface area contributed by atoms with Crippen LogP contribution in [0.4, 0.5) is 10.1 Å². The predicted molar refractivity (Wildman–Crippen MR) is 87.9 cm³/mol. The summed E-state index contributed by atoms with van der Waals surface area (Å²) < 4.78 is 13.2. The fourth-order valence-electron chi connectivity index (χ4n) is 2.18. The highest BCUT2D eigenvalue weighted by Gasteiger charge is 2.16. The number of hydrogen-bond donors (Lipinski definition) is 4. The Hall–Kier alpha value is -2.71. The van der Waals surface area contributed by atoms with Gasteiger partial charge in [0.1, 0.15) is 17.7 Å². The number of aromatic nitrogens is 3. The lowest BCUT2D eigenvalue weighted by Crippen LogP contribution is -2.14. The van der Waals surface area contributed by atoms with E-state index in [9.17, 15) is 14.7 Å². The van der Waals surface area contributed by atoms with Crippen molar-refractivity contribution in [3.8, 4) is 0 Å². The van der Waals surface area contributed by atoms with Crippen LogP contribution in [0, 0.1) is 5.82 Å². The molecule has 0 aliphatic heterocycles. The van der Waals surface area contributed by atoms with Crippen molar-refractivity contribution in [2.75, 3.05) is 5.32 Å². The number of oxime groups is 1. The number of anilines is 1. The van der Waals surface area contributed by atoms with Gasteiger partial charge in [-0.1, -0.05) is 16.8 Å². The molecule has 0 amide bonds. The second kappa shape index (κ2) is 6.42. The minimum atomic E-state index is -0.801. The van der Waals surface area contributed by atoms with E-state index in [1.807, 2.05) is 0 Å². The average Bonchev–Trinajstić information content (AvgIpc) is 3.00. The normalized spacial score (nSPS) is 13.2. The molecular formula is C15H13ClFN5O2. The van der Waals surface area contributed by atoms with Crippen LogP contribution in [0.2, 0.25) is 5.02 Å². The molecule has 0 fully saturated rings. The van der Waals surface area contributed by atoms with Crippen molar-refractivity contribution >= 4 is 34.3 Å². The molecule has 0 saturated heterocycles. The van der Waals surface area contributed by atoms with Gasteiger partial charge in [0, 0.05) is 17.4 Å². The largest absolute Gasteiger partial charge is 0.409 e. The number of rotatable bonds is 3. The van der Waals surface area contributed by atoms with E-state index >= 15 is 0 Å². The molecule has 0 saturated carbocycles. The summed E-state index contributed by atoms with van der Waals surface area (Å²) in [5, 5.41) is 25.0. The van der Waals surface area contributed by atoms with Crippen molar-refractivity contribution in [3.05, 3.63) is 52.7 Å². The Kier molecular flexibility index (Phi) is 4.32. The Balaban J connectivity index is 2.02. The number of aliphatic hydroxyl groups excluding tert-OH is 1. The molecule has 0 bridgehead atoms. The summed E-state index contributed by atoms with van der Waals surface area (Å²) in [5.74, 6) is -0.121. The summed E-state index contributed by atoms with van der Waals surface area (Å²) in [5.41, 5.74) is 1.77. The van der Waals surface area contributed by atoms with E-state index in [-0.39, 0.29) is 10.9 Å². The molecule has 1 aromatic carbocycles. The molecule has 7 nitrogen and oxygen atoms in total. The molecule has 3 rings (SSSR count). The third-order valence-electron chi connectivity index (χ3n) is 3.34. The van der Waals surface area contributed by atoms with Gasteiger partial charge in [0.2, 0.25) is 0 Å². The Morgan fingerprint density at radius 3 is 2.88 bits per heavy atom. The molecular weight excluding hydrogens is 337 g/mol. The van der Waals surface area contributed by atoms with E-state index in [4.69, 9.17) is 11.6 Å². The van der Waals surface area contributed by atoms with E-state index in [1.165, 1.54) is 24.4 Å². The SMILES string of the molecule is CC(O)c1nc2nccc(/C(=N/O)Nc3ccc(F)c(Cl)c3)c2[nH]1. The lowest BCUT2D eigenvalue weighted by Gasteiger charge is -2.09. The van der Waals surface area contributed by atoms with Crippen molar-refractivity contribution < 1.29 is 14.7 Å². The van der Waals surface area contributed by atoms with Crippen LogP contribution in [0.1, 0.15) is 24.4 Å². The zero-order chi connectivity index (χ0) is 17.3. The molecule has 0 spiro atoms. The molecule has 0 aliphatic rings. The van der Waals surface area contributed by atoms with E-state index in [2.05, 4.69) is 25.4 Å². The van der Waals surface area contributed by atoms with Crippen LogP contribution >= 0.6 is 11.6 Å². The third-order valence-corrected chi connectivity index (χ3v) is 3.63. The van der Waals surface area contributed by atoms with E-state index in [1.54, 1.807) is 13.0 Å².